The van der Waals surface area contributed by atoms with Crippen molar-refractivity contribution in [1.29, 1.82) is 0 Å². The molecule has 1 saturated carbocycles. The second-order valence-electron chi connectivity index (χ2n) is 5.34. The van der Waals surface area contributed by atoms with E-state index >= 15 is 0 Å². The fraction of sp³-hybridized carbons (Fsp3) is 0.462. The van der Waals surface area contributed by atoms with Gasteiger partial charge in [0.15, 0.2) is 0 Å². The van der Waals surface area contributed by atoms with Crippen LogP contribution in [0.1, 0.15) is 36.5 Å². The second-order valence-corrected chi connectivity index (χ2v) is 7.73. The van der Waals surface area contributed by atoms with Crippen molar-refractivity contribution in [3.8, 4) is 0 Å². The summed E-state index contributed by atoms with van der Waals surface area (Å²) in [6.07, 6.45) is 3.11. The molecule has 0 spiro atoms. The Labute approximate surface area is 131 Å². The molecule has 1 aromatic rings. The van der Waals surface area contributed by atoms with Gasteiger partial charge in [-0.15, -0.1) is 0 Å². The van der Waals surface area contributed by atoms with Crippen LogP contribution in [0, 0.1) is 11.2 Å². The summed E-state index contributed by atoms with van der Waals surface area (Å²) in [6.45, 7) is 2.59. The number of rotatable bonds is 5. The van der Waals surface area contributed by atoms with Crippen LogP contribution < -0.4 is 10.5 Å². The van der Waals surface area contributed by atoms with Gasteiger partial charge in [-0.3, -0.25) is 4.79 Å². The highest BCUT2D eigenvalue weighted by Gasteiger charge is 2.40. The van der Waals surface area contributed by atoms with Crippen LogP contribution in [-0.2, 0) is 10.0 Å². The fourth-order valence-corrected chi connectivity index (χ4v) is 3.22. The van der Waals surface area contributed by atoms with Crippen LogP contribution in [0.4, 0.5) is 4.39 Å². The van der Waals surface area contributed by atoms with E-state index in [1.807, 2.05) is 0 Å². The lowest BCUT2D eigenvalue weighted by atomic mass is 10.0. The number of halogens is 2. The van der Waals surface area contributed by atoms with Gasteiger partial charge in [0, 0.05) is 11.0 Å². The van der Waals surface area contributed by atoms with Crippen molar-refractivity contribution in [3.63, 3.8) is 0 Å². The minimum absolute atomic E-state index is 0.0485. The number of nitrogens with two attached hydrogens (primary N) is 1. The molecule has 8 heteroatoms. The Morgan fingerprint density at radius 3 is 2.57 bits per heavy atom. The van der Waals surface area contributed by atoms with E-state index in [2.05, 4.69) is 28.2 Å². The Bertz CT molecular complexity index is 687. The Hall–Kier alpha value is -0.990. The first-order valence-electron chi connectivity index (χ1n) is 6.48. The zero-order valence-corrected chi connectivity index (χ0v) is 13.9. The van der Waals surface area contributed by atoms with Crippen LogP contribution in [-0.4, -0.2) is 20.9 Å². The smallest absolute Gasteiger partial charge is 0.252 e. The van der Waals surface area contributed by atoms with E-state index in [0.717, 1.165) is 31.4 Å². The highest BCUT2D eigenvalue weighted by Crippen LogP contribution is 2.47. The number of carbonyl (C=O) groups excluding carboxylic acids is 1. The van der Waals surface area contributed by atoms with Gasteiger partial charge >= 0.3 is 0 Å². The molecule has 1 aromatic carbocycles. The number of benzene rings is 1. The average Bonchev–Trinajstić information content (AvgIpc) is 3.15. The molecule has 21 heavy (non-hydrogen) atoms. The van der Waals surface area contributed by atoms with Gasteiger partial charge in [0.05, 0.1) is 5.56 Å². The number of hydrogen-bond donors (Lipinski definition) is 2. The molecular weight excluding hydrogens is 363 g/mol. The van der Waals surface area contributed by atoms with Crippen molar-refractivity contribution < 1.29 is 17.6 Å². The third-order valence-electron chi connectivity index (χ3n) is 3.90. The van der Waals surface area contributed by atoms with E-state index in [4.69, 9.17) is 5.14 Å². The van der Waals surface area contributed by atoms with Gasteiger partial charge in [-0.2, -0.15) is 0 Å². The molecule has 2 rings (SSSR count). The zero-order chi connectivity index (χ0) is 15.8. The number of nitrogens with one attached hydrogen (secondary N) is 1. The van der Waals surface area contributed by atoms with Crippen LogP contribution in [0.15, 0.2) is 21.5 Å². The van der Waals surface area contributed by atoms with Gasteiger partial charge in [0.2, 0.25) is 10.0 Å². The van der Waals surface area contributed by atoms with E-state index in [1.54, 1.807) is 0 Å². The van der Waals surface area contributed by atoms with E-state index in [9.17, 15) is 17.6 Å². The van der Waals surface area contributed by atoms with Crippen molar-refractivity contribution >= 4 is 31.9 Å². The molecular formula is C13H16BrFN2O3S. The van der Waals surface area contributed by atoms with Gasteiger partial charge in [0.25, 0.3) is 5.91 Å². The highest BCUT2D eigenvalue weighted by molar-refractivity contribution is 9.10. The third kappa shape index (κ3) is 3.61. The maximum atomic E-state index is 13.6. The van der Waals surface area contributed by atoms with Crippen molar-refractivity contribution in [1.82, 2.24) is 5.32 Å². The molecule has 0 atom stereocenters. The van der Waals surface area contributed by atoms with Gasteiger partial charge in [-0.25, -0.2) is 17.9 Å². The molecule has 1 aliphatic rings. The maximum Gasteiger partial charge on any atom is 0.252 e. The Balaban J connectivity index is 2.24. The summed E-state index contributed by atoms with van der Waals surface area (Å²) in [5, 5.41) is 7.70. The van der Waals surface area contributed by atoms with Crippen LogP contribution >= 0.6 is 15.9 Å². The summed E-state index contributed by atoms with van der Waals surface area (Å²) in [5.41, 5.74) is 0.206. The summed E-state index contributed by atoms with van der Waals surface area (Å²) >= 11 is 3.07. The summed E-state index contributed by atoms with van der Waals surface area (Å²) in [6, 6.07) is 1.89. The Kier molecular flexibility index (Phi) is 4.41. The van der Waals surface area contributed by atoms with E-state index in [-0.39, 0.29) is 15.5 Å². The molecule has 1 fully saturated rings. The minimum Gasteiger partial charge on any atom is -0.351 e. The van der Waals surface area contributed by atoms with Crippen LogP contribution in [0.3, 0.4) is 0 Å². The number of amides is 1. The fourth-order valence-electron chi connectivity index (χ4n) is 2.12. The van der Waals surface area contributed by atoms with Crippen molar-refractivity contribution in [2.24, 2.45) is 10.6 Å². The lowest BCUT2D eigenvalue weighted by Crippen LogP contribution is -2.30. The highest BCUT2D eigenvalue weighted by atomic mass is 79.9. The molecule has 0 bridgehead atoms. The number of sulfonamides is 1. The lowest BCUT2D eigenvalue weighted by molar-refractivity contribution is 0.0943. The third-order valence-corrected chi connectivity index (χ3v) is 5.49. The topological polar surface area (TPSA) is 89.3 Å². The van der Waals surface area contributed by atoms with Crippen LogP contribution in [0.25, 0.3) is 0 Å². The average molecular weight is 379 g/mol. The molecule has 1 amide bonds. The molecule has 3 N–H and O–H groups in total. The Morgan fingerprint density at radius 2 is 2.10 bits per heavy atom. The first-order valence-corrected chi connectivity index (χ1v) is 8.82. The largest absolute Gasteiger partial charge is 0.351 e. The summed E-state index contributed by atoms with van der Waals surface area (Å²) in [7, 11) is -4.22. The predicted octanol–water partition coefficient (Wildman–Crippen LogP) is 2.16. The van der Waals surface area contributed by atoms with Gasteiger partial charge in [-0.05, 0) is 52.7 Å². The molecule has 0 aromatic heterocycles. The predicted molar refractivity (Wildman–Crippen MR) is 79.8 cm³/mol. The second kappa shape index (κ2) is 5.66. The quantitative estimate of drug-likeness (QED) is 0.822. The molecule has 1 aliphatic carbocycles. The van der Waals surface area contributed by atoms with E-state index in [1.165, 1.54) is 0 Å². The lowest BCUT2D eigenvalue weighted by Gasteiger charge is -2.14. The van der Waals surface area contributed by atoms with Crippen LogP contribution in [0.2, 0.25) is 0 Å². The van der Waals surface area contributed by atoms with E-state index in [0.29, 0.717) is 6.54 Å². The molecule has 0 radical (unpaired) electrons. The monoisotopic (exact) mass is 378 g/mol. The van der Waals surface area contributed by atoms with Gasteiger partial charge in [-0.1, -0.05) is 6.92 Å². The summed E-state index contributed by atoms with van der Waals surface area (Å²) < 4.78 is 36.4. The number of primary sulfonamides is 1. The van der Waals surface area contributed by atoms with Crippen LogP contribution in [0.5, 0.6) is 0 Å². The summed E-state index contributed by atoms with van der Waals surface area (Å²) in [5.74, 6) is -1.44. The SMILES string of the molecule is CCC1(CNC(=O)c2cc(S(N)(=O)=O)c(F)cc2Br)CC1. The maximum absolute atomic E-state index is 13.6. The zero-order valence-electron chi connectivity index (χ0n) is 11.4. The molecule has 0 unspecified atom stereocenters. The molecule has 0 saturated heterocycles. The molecule has 5 nitrogen and oxygen atoms in total. The summed E-state index contributed by atoms with van der Waals surface area (Å²) in [4.78, 5) is 11.5. The molecule has 0 heterocycles. The normalized spacial score (nSPS) is 16.6. The van der Waals surface area contributed by atoms with E-state index < -0.39 is 26.6 Å². The molecule has 0 aliphatic heterocycles. The first kappa shape index (κ1) is 16.4. The number of hydrogen-bond acceptors (Lipinski definition) is 3. The Morgan fingerprint density at radius 1 is 1.48 bits per heavy atom. The van der Waals surface area contributed by atoms with Gasteiger partial charge in [0.1, 0.15) is 10.7 Å². The van der Waals surface area contributed by atoms with Gasteiger partial charge < -0.3 is 5.32 Å². The standard InChI is InChI=1S/C13H16BrFN2O3S/c1-2-13(3-4-13)7-17-12(18)8-5-11(21(16,19)20)10(15)6-9(8)14/h5-6H,2-4,7H2,1H3,(H,17,18)(H2,16,19,20). The molecule has 116 valence electrons. The number of carbonyl (C=O) groups is 1. The van der Waals surface area contributed by atoms with Crippen molar-refractivity contribution in [2.75, 3.05) is 6.54 Å². The van der Waals surface area contributed by atoms with Crippen molar-refractivity contribution in [3.05, 3.63) is 28.0 Å². The first-order chi connectivity index (χ1) is 9.68. The minimum atomic E-state index is -4.22. The van der Waals surface area contributed by atoms with Crippen molar-refractivity contribution in [2.45, 2.75) is 31.1 Å².